The molecule has 1 unspecified atom stereocenters. The first-order valence-electron chi connectivity index (χ1n) is 3.65. The zero-order chi connectivity index (χ0) is 7.35. The largest absolute Gasteiger partial charge is 0.481 e. The van der Waals surface area contributed by atoms with Gasteiger partial charge in [-0.1, -0.05) is 0 Å². The lowest BCUT2D eigenvalue weighted by Crippen LogP contribution is -2.21. The zero-order valence-electron chi connectivity index (χ0n) is 5.71. The summed E-state index contributed by atoms with van der Waals surface area (Å²) in [5, 5.41) is 8.67. The molecule has 0 heterocycles. The van der Waals surface area contributed by atoms with E-state index in [0.717, 1.165) is 19.3 Å². The lowest BCUT2D eigenvalue weighted by atomic mass is 10.0. The smallest absolute Gasteiger partial charge is 0.306 e. The Morgan fingerprint density at radius 1 is 1.70 bits per heavy atom. The second-order valence-corrected chi connectivity index (χ2v) is 3.53. The van der Waals surface area contributed by atoms with E-state index in [4.69, 9.17) is 10.8 Å². The fourth-order valence-electron chi connectivity index (χ4n) is 2.10. The molecule has 3 nitrogen and oxygen atoms in total. The number of hydrogen-bond donors (Lipinski definition) is 2. The van der Waals surface area contributed by atoms with E-state index in [1.165, 1.54) is 0 Å². The summed E-state index contributed by atoms with van der Waals surface area (Å²) in [6, 6.07) is 0. The molecule has 2 saturated carbocycles. The van der Waals surface area contributed by atoms with Gasteiger partial charge in [0.15, 0.2) is 0 Å². The minimum Gasteiger partial charge on any atom is -0.481 e. The summed E-state index contributed by atoms with van der Waals surface area (Å²) in [5.41, 5.74) is 5.75. The van der Waals surface area contributed by atoms with Gasteiger partial charge >= 0.3 is 5.97 Å². The molecular weight excluding hydrogens is 130 g/mol. The van der Waals surface area contributed by atoms with E-state index >= 15 is 0 Å². The number of fused-ring (bicyclic) bond motifs is 1. The van der Waals surface area contributed by atoms with Crippen LogP contribution in [-0.4, -0.2) is 16.6 Å². The summed E-state index contributed by atoms with van der Waals surface area (Å²) in [5.74, 6) is -0.496. The fourth-order valence-corrected chi connectivity index (χ4v) is 2.10. The topological polar surface area (TPSA) is 63.3 Å². The monoisotopic (exact) mass is 141 g/mol. The van der Waals surface area contributed by atoms with E-state index in [1.54, 1.807) is 0 Å². The minimum atomic E-state index is -0.658. The molecule has 0 aromatic heterocycles. The highest BCUT2D eigenvalue weighted by Gasteiger charge is 2.61. The van der Waals surface area contributed by atoms with Crippen molar-refractivity contribution in [3.8, 4) is 0 Å². The van der Waals surface area contributed by atoms with E-state index in [2.05, 4.69) is 0 Å². The van der Waals surface area contributed by atoms with Gasteiger partial charge in [-0.2, -0.15) is 0 Å². The molecule has 2 aliphatic carbocycles. The summed E-state index contributed by atoms with van der Waals surface area (Å²) in [6.45, 7) is 0. The van der Waals surface area contributed by atoms with Crippen molar-refractivity contribution in [2.75, 3.05) is 0 Å². The van der Waals surface area contributed by atoms with Gasteiger partial charge in [0.1, 0.15) is 0 Å². The number of rotatable bonds is 1. The third-order valence-electron chi connectivity index (χ3n) is 2.90. The molecule has 56 valence electrons. The molecule has 0 aromatic carbocycles. The van der Waals surface area contributed by atoms with Crippen molar-refractivity contribution in [3.63, 3.8) is 0 Å². The molecule has 3 atom stereocenters. The maximum atomic E-state index is 10.5. The molecule has 2 aliphatic rings. The van der Waals surface area contributed by atoms with Crippen LogP contribution in [0.5, 0.6) is 0 Å². The summed E-state index contributed by atoms with van der Waals surface area (Å²) < 4.78 is 0. The predicted octanol–water partition coefficient (Wildman–Crippen LogP) is 0.198. The number of hydrogen-bond acceptors (Lipinski definition) is 2. The van der Waals surface area contributed by atoms with E-state index < -0.39 is 5.97 Å². The number of carbonyl (C=O) groups is 1. The van der Waals surface area contributed by atoms with Crippen molar-refractivity contribution in [1.29, 1.82) is 0 Å². The highest BCUT2D eigenvalue weighted by Crippen LogP contribution is 2.57. The van der Waals surface area contributed by atoms with Crippen molar-refractivity contribution < 1.29 is 9.90 Å². The SMILES string of the molecule is N[C@@]12CC[C@H](C(=O)O)C1C2. The van der Waals surface area contributed by atoms with Crippen LogP contribution in [0.2, 0.25) is 0 Å². The van der Waals surface area contributed by atoms with Crippen molar-refractivity contribution in [2.45, 2.75) is 24.8 Å². The molecule has 2 fully saturated rings. The van der Waals surface area contributed by atoms with Crippen molar-refractivity contribution in [2.24, 2.45) is 17.6 Å². The highest BCUT2D eigenvalue weighted by atomic mass is 16.4. The molecule has 0 amide bonds. The van der Waals surface area contributed by atoms with Crippen LogP contribution in [0.4, 0.5) is 0 Å². The van der Waals surface area contributed by atoms with Crippen LogP contribution in [0.1, 0.15) is 19.3 Å². The van der Waals surface area contributed by atoms with Crippen LogP contribution in [0.25, 0.3) is 0 Å². The minimum absolute atomic E-state index is 0.0664. The Morgan fingerprint density at radius 3 is 2.60 bits per heavy atom. The number of aliphatic carboxylic acids is 1. The number of carboxylic acid groups (broad SMARTS) is 1. The normalized spacial score (nSPS) is 50.5. The third-order valence-corrected chi connectivity index (χ3v) is 2.90. The predicted molar refractivity (Wildman–Crippen MR) is 35.4 cm³/mol. The maximum Gasteiger partial charge on any atom is 0.306 e. The Balaban J connectivity index is 2.11. The Kier molecular flexibility index (Phi) is 0.944. The highest BCUT2D eigenvalue weighted by molar-refractivity contribution is 5.72. The first-order chi connectivity index (χ1) is 4.63. The Morgan fingerprint density at radius 2 is 2.40 bits per heavy atom. The number of nitrogens with two attached hydrogens (primary N) is 1. The molecule has 10 heavy (non-hydrogen) atoms. The fraction of sp³-hybridized carbons (Fsp3) is 0.857. The van der Waals surface area contributed by atoms with E-state index in [-0.39, 0.29) is 11.5 Å². The molecule has 0 aromatic rings. The van der Waals surface area contributed by atoms with Gasteiger partial charge in [-0.05, 0) is 25.2 Å². The van der Waals surface area contributed by atoms with Gasteiger partial charge in [0.25, 0.3) is 0 Å². The van der Waals surface area contributed by atoms with Gasteiger partial charge in [-0.3, -0.25) is 4.79 Å². The Labute approximate surface area is 59.2 Å². The van der Waals surface area contributed by atoms with E-state index in [0.29, 0.717) is 5.92 Å². The lowest BCUT2D eigenvalue weighted by Gasteiger charge is -2.01. The van der Waals surface area contributed by atoms with Crippen molar-refractivity contribution in [1.82, 2.24) is 0 Å². The third kappa shape index (κ3) is 0.611. The Bertz CT molecular complexity index is 192. The van der Waals surface area contributed by atoms with Gasteiger partial charge < -0.3 is 10.8 Å². The first kappa shape index (κ1) is 6.16. The van der Waals surface area contributed by atoms with Crippen LogP contribution < -0.4 is 5.73 Å². The zero-order valence-corrected chi connectivity index (χ0v) is 5.71. The van der Waals surface area contributed by atoms with Crippen LogP contribution in [0.3, 0.4) is 0 Å². The van der Waals surface area contributed by atoms with Crippen LogP contribution in [0.15, 0.2) is 0 Å². The average Bonchev–Trinajstić information content (AvgIpc) is 2.36. The molecule has 2 rings (SSSR count). The second-order valence-electron chi connectivity index (χ2n) is 3.53. The molecule has 0 radical (unpaired) electrons. The second kappa shape index (κ2) is 1.53. The summed E-state index contributed by atoms with van der Waals surface area (Å²) in [4.78, 5) is 10.5. The van der Waals surface area contributed by atoms with Gasteiger partial charge in [-0.15, -0.1) is 0 Å². The van der Waals surface area contributed by atoms with Gasteiger partial charge in [-0.25, -0.2) is 0 Å². The first-order valence-corrected chi connectivity index (χ1v) is 3.65. The van der Waals surface area contributed by atoms with E-state index in [9.17, 15) is 4.79 Å². The molecule has 0 bridgehead atoms. The summed E-state index contributed by atoms with van der Waals surface area (Å²) in [7, 11) is 0. The summed E-state index contributed by atoms with van der Waals surface area (Å²) in [6.07, 6.45) is 2.63. The Hall–Kier alpha value is -0.570. The average molecular weight is 141 g/mol. The molecule has 0 aliphatic heterocycles. The van der Waals surface area contributed by atoms with Crippen LogP contribution in [0, 0.1) is 11.8 Å². The quantitative estimate of drug-likeness (QED) is 0.548. The van der Waals surface area contributed by atoms with Gasteiger partial charge in [0, 0.05) is 5.54 Å². The molecule has 3 N–H and O–H groups in total. The van der Waals surface area contributed by atoms with E-state index in [1.807, 2.05) is 0 Å². The standard InChI is InChI=1S/C7H11NO2/c8-7-2-1-4(6(9)10)5(7)3-7/h4-5H,1-3,8H2,(H,9,10)/t4-,5?,7+/m0/s1. The van der Waals surface area contributed by atoms with Crippen LogP contribution in [-0.2, 0) is 4.79 Å². The summed E-state index contributed by atoms with van der Waals surface area (Å²) >= 11 is 0. The van der Waals surface area contributed by atoms with Crippen molar-refractivity contribution >= 4 is 5.97 Å². The maximum absolute atomic E-state index is 10.5. The van der Waals surface area contributed by atoms with Crippen molar-refractivity contribution in [3.05, 3.63) is 0 Å². The van der Waals surface area contributed by atoms with Gasteiger partial charge in [0.05, 0.1) is 5.92 Å². The molecule has 0 spiro atoms. The molecule has 3 heteroatoms. The molecular formula is C7H11NO2. The van der Waals surface area contributed by atoms with Gasteiger partial charge in [0.2, 0.25) is 0 Å². The number of carboxylic acids is 1. The lowest BCUT2D eigenvalue weighted by molar-refractivity contribution is -0.142. The molecule has 0 saturated heterocycles. The van der Waals surface area contributed by atoms with Crippen LogP contribution >= 0.6 is 0 Å².